The maximum absolute atomic E-state index is 5.63. The average Bonchev–Trinajstić information content (AvgIpc) is 3.06. The molecule has 0 saturated carbocycles. The van der Waals surface area contributed by atoms with Crippen LogP contribution in [0.4, 0.5) is 0 Å². The summed E-state index contributed by atoms with van der Waals surface area (Å²) in [5.41, 5.74) is 2.37. The van der Waals surface area contributed by atoms with E-state index in [1.807, 2.05) is 0 Å². The summed E-state index contributed by atoms with van der Waals surface area (Å²) in [6, 6.07) is 8.37. The molecule has 0 unspecified atom stereocenters. The van der Waals surface area contributed by atoms with Crippen molar-refractivity contribution in [2.24, 2.45) is 0 Å². The molecule has 1 aromatic rings. The number of hydrogen-bond donors (Lipinski definition) is 0. The number of hydrogen-bond acceptors (Lipinski definition) is 4. The van der Waals surface area contributed by atoms with Crippen LogP contribution in [0.15, 0.2) is 24.3 Å². The third-order valence-corrected chi connectivity index (χ3v) is 3.34. The normalized spacial score (nSPS) is 22.1. The van der Waals surface area contributed by atoms with Gasteiger partial charge in [-0.2, -0.15) is 0 Å². The molecule has 0 atom stereocenters. The summed E-state index contributed by atoms with van der Waals surface area (Å²) in [5, 5.41) is 0. The van der Waals surface area contributed by atoms with E-state index in [0.717, 1.165) is 5.56 Å². The van der Waals surface area contributed by atoms with E-state index in [0.29, 0.717) is 26.4 Å². The van der Waals surface area contributed by atoms with Crippen molar-refractivity contribution in [2.45, 2.75) is 25.4 Å². The minimum absolute atomic E-state index is 0.0180. The fourth-order valence-electron chi connectivity index (χ4n) is 2.40. The third-order valence-electron chi connectivity index (χ3n) is 3.34. The molecule has 98 valence electrons. The predicted octanol–water partition coefficient (Wildman–Crippen LogP) is 1.82. The highest BCUT2D eigenvalue weighted by molar-refractivity contribution is 5.26. The molecule has 0 amide bonds. The number of aryl methyl sites for hydroxylation is 1. The van der Waals surface area contributed by atoms with Crippen molar-refractivity contribution in [3.63, 3.8) is 0 Å². The van der Waals surface area contributed by atoms with Crippen molar-refractivity contribution in [3.05, 3.63) is 35.4 Å². The van der Waals surface area contributed by atoms with Gasteiger partial charge in [0.2, 0.25) is 0 Å². The molecule has 4 nitrogen and oxygen atoms in total. The maximum Gasteiger partial charge on any atom is 0.169 e. The van der Waals surface area contributed by atoms with Crippen LogP contribution in [-0.4, -0.2) is 39.0 Å². The van der Waals surface area contributed by atoms with Gasteiger partial charge in [0.25, 0.3) is 0 Å². The molecular weight excluding hydrogens is 232 g/mol. The SMILES string of the molecule is Cc1ccc(C(C2OCCO2)C2OCCO2)cc1. The van der Waals surface area contributed by atoms with Crippen molar-refractivity contribution in [1.82, 2.24) is 0 Å². The molecule has 1 aromatic carbocycles. The maximum atomic E-state index is 5.63. The smallest absolute Gasteiger partial charge is 0.169 e. The van der Waals surface area contributed by atoms with Crippen LogP contribution < -0.4 is 0 Å². The second-order valence-corrected chi connectivity index (χ2v) is 4.66. The lowest BCUT2D eigenvalue weighted by atomic mass is 9.96. The molecule has 18 heavy (non-hydrogen) atoms. The zero-order valence-electron chi connectivity index (χ0n) is 10.5. The van der Waals surface area contributed by atoms with Gasteiger partial charge in [0.05, 0.1) is 32.3 Å². The molecule has 3 rings (SSSR count). The van der Waals surface area contributed by atoms with Crippen molar-refractivity contribution in [3.8, 4) is 0 Å². The zero-order chi connectivity index (χ0) is 12.4. The van der Waals surface area contributed by atoms with Gasteiger partial charge >= 0.3 is 0 Å². The Kier molecular flexibility index (Phi) is 3.61. The molecule has 0 N–H and O–H groups in total. The minimum atomic E-state index is -0.268. The van der Waals surface area contributed by atoms with E-state index in [9.17, 15) is 0 Å². The van der Waals surface area contributed by atoms with Gasteiger partial charge in [0.15, 0.2) is 12.6 Å². The number of rotatable bonds is 3. The van der Waals surface area contributed by atoms with E-state index in [4.69, 9.17) is 18.9 Å². The van der Waals surface area contributed by atoms with E-state index in [1.165, 1.54) is 5.56 Å². The Morgan fingerprint density at radius 2 is 1.28 bits per heavy atom. The highest BCUT2D eigenvalue weighted by Gasteiger charge is 2.38. The number of benzene rings is 1. The van der Waals surface area contributed by atoms with Crippen molar-refractivity contribution < 1.29 is 18.9 Å². The summed E-state index contributed by atoms with van der Waals surface area (Å²) in [6.45, 7) is 4.63. The molecule has 2 saturated heterocycles. The average molecular weight is 250 g/mol. The summed E-state index contributed by atoms with van der Waals surface area (Å²) in [7, 11) is 0. The summed E-state index contributed by atoms with van der Waals surface area (Å²) < 4.78 is 22.5. The Morgan fingerprint density at radius 1 is 0.833 bits per heavy atom. The number of ether oxygens (including phenoxy) is 4. The third kappa shape index (κ3) is 2.42. The Balaban J connectivity index is 1.85. The molecule has 0 aliphatic carbocycles. The van der Waals surface area contributed by atoms with Gasteiger partial charge in [-0.3, -0.25) is 0 Å². The second kappa shape index (κ2) is 5.36. The first-order valence-electron chi connectivity index (χ1n) is 6.37. The van der Waals surface area contributed by atoms with E-state index < -0.39 is 0 Å². The van der Waals surface area contributed by atoms with E-state index >= 15 is 0 Å². The Labute approximate surface area is 107 Å². The van der Waals surface area contributed by atoms with E-state index in [1.54, 1.807) is 0 Å². The largest absolute Gasteiger partial charge is 0.349 e. The first-order chi connectivity index (χ1) is 8.84. The van der Waals surface area contributed by atoms with Crippen LogP contribution in [-0.2, 0) is 18.9 Å². The standard InChI is InChI=1S/C14H18O4/c1-10-2-4-11(5-3-10)12(13-15-6-7-16-13)14-17-8-9-18-14/h2-5,12-14H,6-9H2,1H3. The molecule has 4 heteroatoms. The van der Waals surface area contributed by atoms with Crippen LogP contribution >= 0.6 is 0 Å². The second-order valence-electron chi connectivity index (χ2n) is 4.66. The molecule has 2 fully saturated rings. The van der Waals surface area contributed by atoms with Crippen molar-refractivity contribution in [2.75, 3.05) is 26.4 Å². The van der Waals surface area contributed by atoms with Crippen LogP contribution in [0.5, 0.6) is 0 Å². The topological polar surface area (TPSA) is 36.9 Å². The summed E-state index contributed by atoms with van der Waals surface area (Å²) in [4.78, 5) is 0. The van der Waals surface area contributed by atoms with Crippen LogP contribution in [0.3, 0.4) is 0 Å². The molecule has 2 heterocycles. The monoisotopic (exact) mass is 250 g/mol. The molecule has 0 bridgehead atoms. The first kappa shape index (κ1) is 12.1. The lowest BCUT2D eigenvalue weighted by Gasteiger charge is -2.26. The summed E-state index contributed by atoms with van der Waals surface area (Å²) in [5.74, 6) is -0.0180. The van der Waals surface area contributed by atoms with Crippen LogP contribution in [0, 0.1) is 6.92 Å². The van der Waals surface area contributed by atoms with Crippen LogP contribution in [0.1, 0.15) is 17.0 Å². The Morgan fingerprint density at radius 3 is 1.72 bits per heavy atom. The first-order valence-corrected chi connectivity index (χ1v) is 6.37. The molecular formula is C14H18O4. The fraction of sp³-hybridized carbons (Fsp3) is 0.571. The zero-order valence-corrected chi connectivity index (χ0v) is 10.5. The molecule has 0 aromatic heterocycles. The lowest BCUT2D eigenvalue weighted by Crippen LogP contribution is -2.31. The van der Waals surface area contributed by atoms with Gasteiger partial charge in [-0.1, -0.05) is 29.8 Å². The van der Waals surface area contributed by atoms with Gasteiger partial charge < -0.3 is 18.9 Å². The highest BCUT2D eigenvalue weighted by atomic mass is 16.7. The lowest BCUT2D eigenvalue weighted by molar-refractivity contribution is -0.145. The summed E-state index contributed by atoms with van der Waals surface area (Å²) in [6.07, 6.45) is -0.536. The quantitative estimate of drug-likeness (QED) is 0.820. The fourth-order valence-corrected chi connectivity index (χ4v) is 2.40. The van der Waals surface area contributed by atoms with Gasteiger partial charge in [0, 0.05) is 0 Å². The van der Waals surface area contributed by atoms with E-state index in [-0.39, 0.29) is 18.5 Å². The van der Waals surface area contributed by atoms with Crippen molar-refractivity contribution >= 4 is 0 Å². The van der Waals surface area contributed by atoms with Gasteiger partial charge in [0.1, 0.15) is 0 Å². The Hall–Kier alpha value is -0.940. The highest BCUT2D eigenvalue weighted by Crippen LogP contribution is 2.32. The van der Waals surface area contributed by atoms with Crippen LogP contribution in [0.25, 0.3) is 0 Å². The Bertz CT molecular complexity index is 361. The van der Waals surface area contributed by atoms with Gasteiger partial charge in [-0.25, -0.2) is 0 Å². The summed E-state index contributed by atoms with van der Waals surface area (Å²) >= 11 is 0. The van der Waals surface area contributed by atoms with Gasteiger partial charge in [-0.15, -0.1) is 0 Å². The van der Waals surface area contributed by atoms with E-state index in [2.05, 4.69) is 31.2 Å². The molecule has 2 aliphatic rings. The molecule has 0 radical (unpaired) electrons. The predicted molar refractivity (Wildman–Crippen MR) is 65.3 cm³/mol. The molecule has 2 aliphatic heterocycles. The van der Waals surface area contributed by atoms with Crippen LogP contribution in [0.2, 0.25) is 0 Å². The van der Waals surface area contributed by atoms with Gasteiger partial charge in [-0.05, 0) is 12.5 Å². The van der Waals surface area contributed by atoms with Crippen molar-refractivity contribution in [1.29, 1.82) is 0 Å². The molecule has 0 spiro atoms. The minimum Gasteiger partial charge on any atom is -0.349 e.